The maximum Gasteiger partial charge on any atom is 0.258 e. The van der Waals surface area contributed by atoms with Gasteiger partial charge in [-0.25, -0.2) is 9.38 Å². The Labute approximate surface area is 179 Å². The summed E-state index contributed by atoms with van der Waals surface area (Å²) in [4.78, 5) is 11.3. The van der Waals surface area contributed by atoms with Gasteiger partial charge in [-0.3, -0.25) is 0 Å². The first kappa shape index (κ1) is 17.8. The number of aromatic nitrogens is 5. The molecule has 2 aromatic carbocycles. The van der Waals surface area contributed by atoms with Crippen LogP contribution < -0.4 is 10.6 Å². The summed E-state index contributed by atoms with van der Waals surface area (Å²) in [6.07, 6.45) is 4.24. The molecule has 31 heavy (non-hydrogen) atoms. The Morgan fingerprint density at radius 2 is 1.81 bits per heavy atom. The molecule has 0 saturated heterocycles. The molecule has 0 unspecified atom stereocenters. The number of hydrogen-bond acceptors (Lipinski definition) is 6. The molecule has 0 amide bonds. The van der Waals surface area contributed by atoms with Gasteiger partial charge in [0.15, 0.2) is 5.65 Å². The molecule has 0 atom stereocenters. The summed E-state index contributed by atoms with van der Waals surface area (Å²) < 4.78 is 1.75. The highest BCUT2D eigenvalue weighted by Gasteiger charge is 2.23. The fourth-order valence-corrected chi connectivity index (χ4v) is 4.07. The van der Waals surface area contributed by atoms with Gasteiger partial charge in [0.2, 0.25) is 0 Å². The van der Waals surface area contributed by atoms with Gasteiger partial charge in [-0.15, -0.1) is 10.2 Å². The number of rotatable bonds is 4. The Morgan fingerprint density at radius 3 is 2.61 bits per heavy atom. The summed E-state index contributed by atoms with van der Waals surface area (Å²) in [6.45, 7) is 0. The molecule has 7 nitrogen and oxygen atoms in total. The number of nitrogens with zero attached hydrogens (tertiary/aromatic N) is 6. The smallest absolute Gasteiger partial charge is 0.258 e. The quantitative estimate of drug-likeness (QED) is 0.470. The van der Waals surface area contributed by atoms with Gasteiger partial charge in [0.25, 0.3) is 5.78 Å². The van der Waals surface area contributed by atoms with Crippen molar-refractivity contribution in [2.24, 2.45) is 0 Å². The van der Waals surface area contributed by atoms with Gasteiger partial charge in [0.1, 0.15) is 18.0 Å². The van der Waals surface area contributed by atoms with E-state index in [9.17, 15) is 0 Å². The molecule has 1 saturated carbocycles. The molecule has 5 aromatic rings. The van der Waals surface area contributed by atoms with Crippen LogP contribution in [-0.2, 0) is 0 Å². The summed E-state index contributed by atoms with van der Waals surface area (Å²) in [5.74, 6) is 2.45. The van der Waals surface area contributed by atoms with E-state index in [2.05, 4.69) is 68.6 Å². The fraction of sp³-hybridized carbons (Fsp3) is 0.167. The number of nitrogen functional groups attached to an aromatic ring is 1. The fourth-order valence-electron chi connectivity index (χ4n) is 4.07. The lowest BCUT2D eigenvalue weighted by Crippen LogP contribution is -2.13. The van der Waals surface area contributed by atoms with E-state index in [0.29, 0.717) is 17.2 Å². The summed E-state index contributed by atoms with van der Waals surface area (Å²) in [5, 5.41) is 8.98. The van der Waals surface area contributed by atoms with E-state index >= 15 is 0 Å². The number of hydrogen-bond donors (Lipinski definition) is 1. The maximum atomic E-state index is 5.94. The first-order valence-corrected chi connectivity index (χ1v) is 10.4. The van der Waals surface area contributed by atoms with Gasteiger partial charge >= 0.3 is 0 Å². The second-order valence-electron chi connectivity index (χ2n) is 8.05. The minimum absolute atomic E-state index is 0.443. The van der Waals surface area contributed by atoms with Crippen LogP contribution in [0.25, 0.3) is 27.9 Å². The van der Waals surface area contributed by atoms with Crippen molar-refractivity contribution in [3.8, 4) is 11.1 Å². The molecular weight excluding hydrogens is 386 g/mol. The van der Waals surface area contributed by atoms with Crippen molar-refractivity contribution in [3.05, 3.63) is 72.6 Å². The Morgan fingerprint density at radius 1 is 0.968 bits per heavy atom. The van der Waals surface area contributed by atoms with E-state index in [0.717, 1.165) is 22.8 Å². The van der Waals surface area contributed by atoms with Gasteiger partial charge < -0.3 is 10.6 Å². The second kappa shape index (κ2) is 6.77. The van der Waals surface area contributed by atoms with E-state index in [1.807, 2.05) is 13.1 Å². The summed E-state index contributed by atoms with van der Waals surface area (Å²) in [5.41, 5.74) is 11.5. The highest BCUT2D eigenvalue weighted by atomic mass is 15.3. The van der Waals surface area contributed by atoms with Gasteiger partial charge in [-0.1, -0.05) is 36.4 Å². The lowest BCUT2D eigenvalue weighted by atomic mass is 10.0. The van der Waals surface area contributed by atoms with Crippen molar-refractivity contribution in [2.45, 2.75) is 18.8 Å². The normalized spacial score (nSPS) is 13.7. The molecule has 3 aromatic heterocycles. The SMILES string of the molecule is CN(c1cccc(-c2ccc(C3CC3)cc2)c1)c1nc2nncn2c2nc(N)ccc12. The molecule has 1 aliphatic rings. The van der Waals surface area contributed by atoms with Crippen molar-refractivity contribution < 1.29 is 0 Å². The third-order valence-corrected chi connectivity index (χ3v) is 5.95. The van der Waals surface area contributed by atoms with Gasteiger partial charge in [-0.2, -0.15) is 4.98 Å². The average Bonchev–Trinajstić information content (AvgIpc) is 3.55. The average molecular weight is 407 g/mol. The van der Waals surface area contributed by atoms with Crippen LogP contribution in [0.15, 0.2) is 67.0 Å². The predicted octanol–water partition coefficient (Wildman–Crippen LogP) is 4.57. The minimum Gasteiger partial charge on any atom is -0.384 e. The molecule has 0 aliphatic heterocycles. The first-order valence-electron chi connectivity index (χ1n) is 10.4. The second-order valence-corrected chi connectivity index (χ2v) is 8.05. The highest BCUT2D eigenvalue weighted by molar-refractivity contribution is 5.92. The van der Waals surface area contributed by atoms with E-state index in [1.54, 1.807) is 16.8 Å². The van der Waals surface area contributed by atoms with E-state index in [4.69, 9.17) is 10.7 Å². The zero-order chi connectivity index (χ0) is 20.9. The van der Waals surface area contributed by atoms with Crippen molar-refractivity contribution in [3.63, 3.8) is 0 Å². The number of fused-ring (bicyclic) bond motifs is 3. The van der Waals surface area contributed by atoms with Gasteiger partial charge in [-0.05, 0) is 59.7 Å². The van der Waals surface area contributed by atoms with Crippen LogP contribution in [0.2, 0.25) is 0 Å². The standard InChI is InChI=1S/C24H21N7/c1-30(22-20-11-12-21(25)27-23(20)31-14-26-29-24(31)28-22)19-4-2-3-18(13-19)17-9-7-16(8-10-17)15-5-6-15/h2-4,7-15H,5-6H2,1H3,(H2,25,27). The Kier molecular flexibility index (Phi) is 3.89. The zero-order valence-electron chi connectivity index (χ0n) is 17.1. The van der Waals surface area contributed by atoms with Gasteiger partial charge in [0, 0.05) is 12.7 Å². The van der Waals surface area contributed by atoms with Crippen LogP contribution in [0.1, 0.15) is 24.3 Å². The Hall–Kier alpha value is -4.00. The Bertz CT molecular complexity index is 1420. The van der Waals surface area contributed by atoms with Crippen LogP contribution in [-0.4, -0.2) is 31.6 Å². The molecule has 0 spiro atoms. The molecule has 1 aliphatic carbocycles. The molecule has 7 heteroatoms. The van der Waals surface area contributed by atoms with Crippen molar-refractivity contribution in [1.29, 1.82) is 0 Å². The lowest BCUT2D eigenvalue weighted by Gasteiger charge is -2.21. The number of pyridine rings is 1. The summed E-state index contributed by atoms with van der Waals surface area (Å²) >= 11 is 0. The summed E-state index contributed by atoms with van der Waals surface area (Å²) in [7, 11) is 2.00. The molecule has 0 bridgehead atoms. The monoisotopic (exact) mass is 407 g/mol. The van der Waals surface area contributed by atoms with Crippen LogP contribution >= 0.6 is 0 Å². The highest BCUT2D eigenvalue weighted by Crippen LogP contribution is 2.40. The lowest BCUT2D eigenvalue weighted by molar-refractivity contribution is 1.08. The third-order valence-electron chi connectivity index (χ3n) is 5.95. The van der Waals surface area contributed by atoms with E-state index in [1.165, 1.54) is 29.5 Å². The maximum absolute atomic E-state index is 5.94. The van der Waals surface area contributed by atoms with Crippen LogP contribution in [0.5, 0.6) is 0 Å². The largest absolute Gasteiger partial charge is 0.384 e. The van der Waals surface area contributed by atoms with E-state index < -0.39 is 0 Å². The minimum atomic E-state index is 0.443. The number of benzene rings is 2. The predicted molar refractivity (Wildman–Crippen MR) is 122 cm³/mol. The topological polar surface area (TPSA) is 85.2 Å². The first-order chi connectivity index (χ1) is 15.2. The van der Waals surface area contributed by atoms with Crippen molar-refractivity contribution >= 4 is 34.1 Å². The molecule has 1 fully saturated rings. The molecule has 0 radical (unpaired) electrons. The van der Waals surface area contributed by atoms with Crippen LogP contribution in [0.4, 0.5) is 17.3 Å². The Balaban J connectivity index is 1.43. The summed E-state index contributed by atoms with van der Waals surface area (Å²) in [6, 6.07) is 21.1. The zero-order valence-corrected chi connectivity index (χ0v) is 17.1. The third kappa shape index (κ3) is 3.06. The molecule has 3 heterocycles. The van der Waals surface area contributed by atoms with Gasteiger partial charge in [0.05, 0.1) is 5.39 Å². The van der Waals surface area contributed by atoms with Crippen LogP contribution in [0, 0.1) is 0 Å². The molecular formula is C24H21N7. The molecule has 6 rings (SSSR count). The molecule has 152 valence electrons. The number of anilines is 3. The number of nitrogens with two attached hydrogens (primary N) is 1. The van der Waals surface area contributed by atoms with Crippen molar-refractivity contribution in [1.82, 2.24) is 24.6 Å². The molecule has 2 N–H and O–H groups in total. The van der Waals surface area contributed by atoms with E-state index in [-0.39, 0.29) is 0 Å². The van der Waals surface area contributed by atoms with Crippen LogP contribution in [0.3, 0.4) is 0 Å². The van der Waals surface area contributed by atoms with Crippen molar-refractivity contribution in [2.75, 3.05) is 17.7 Å².